The monoisotopic (exact) mass is 404 g/mol. The van der Waals surface area contributed by atoms with E-state index in [2.05, 4.69) is 62.0 Å². The van der Waals surface area contributed by atoms with Gasteiger partial charge in [0.25, 0.3) is 0 Å². The highest BCUT2D eigenvalue weighted by Crippen LogP contribution is 2.29. The first-order chi connectivity index (χ1) is 9.61. The molecule has 0 bridgehead atoms. The first-order valence-corrected chi connectivity index (χ1v) is 8.63. The van der Waals surface area contributed by atoms with Gasteiger partial charge < -0.3 is 10.5 Å². The predicted molar refractivity (Wildman–Crippen MR) is 89.8 cm³/mol. The van der Waals surface area contributed by atoms with Gasteiger partial charge in [-0.15, -0.1) is 0 Å². The number of nitrogens with two attached hydrogens (primary N) is 1. The topological polar surface area (TPSA) is 38.5 Å². The van der Waals surface area contributed by atoms with Crippen LogP contribution >= 0.6 is 31.9 Å². The van der Waals surface area contributed by atoms with Crippen molar-refractivity contribution in [2.75, 3.05) is 33.4 Å². The van der Waals surface area contributed by atoms with Gasteiger partial charge in [0.05, 0.1) is 6.61 Å². The molecule has 1 aromatic rings. The Bertz CT molecular complexity index is 436. The van der Waals surface area contributed by atoms with Crippen LogP contribution in [0, 0.1) is 5.92 Å². The van der Waals surface area contributed by atoms with Crippen molar-refractivity contribution in [2.45, 2.75) is 18.9 Å². The molecule has 1 aliphatic rings. The van der Waals surface area contributed by atoms with Crippen molar-refractivity contribution in [3.8, 4) is 0 Å². The number of hydrogen-bond donors (Lipinski definition) is 1. The third kappa shape index (κ3) is 4.28. The number of rotatable bonds is 5. The second-order valence-electron chi connectivity index (χ2n) is 5.45. The fourth-order valence-electron chi connectivity index (χ4n) is 2.78. The number of likely N-dealkylation sites (N-methyl/N-ethyl adjacent to an activating group) is 1. The summed E-state index contributed by atoms with van der Waals surface area (Å²) in [5.41, 5.74) is 7.25. The summed E-state index contributed by atoms with van der Waals surface area (Å²) in [6.07, 6.45) is 2.43. The summed E-state index contributed by atoms with van der Waals surface area (Å²) in [5, 5.41) is 0. The summed E-state index contributed by atoms with van der Waals surface area (Å²) in [6, 6.07) is 6.61. The largest absolute Gasteiger partial charge is 0.381 e. The van der Waals surface area contributed by atoms with E-state index in [9.17, 15) is 0 Å². The Morgan fingerprint density at radius 3 is 2.80 bits per heavy atom. The maximum atomic E-state index is 6.00. The summed E-state index contributed by atoms with van der Waals surface area (Å²) < 4.78 is 7.71. The number of hydrogen-bond acceptors (Lipinski definition) is 3. The molecule has 2 unspecified atom stereocenters. The average Bonchev–Trinajstić information content (AvgIpc) is 2.44. The standard InChI is InChI=1S/C15H22Br2N2O/c1-19(9-11-3-2-6-20-10-11)15(8-18)12-4-5-13(16)14(17)7-12/h4-5,7,11,15H,2-3,6,8-10,18H2,1H3. The van der Waals surface area contributed by atoms with Gasteiger partial charge >= 0.3 is 0 Å². The van der Waals surface area contributed by atoms with E-state index in [1.807, 2.05) is 0 Å². The molecular formula is C15H22Br2N2O. The maximum absolute atomic E-state index is 6.00. The van der Waals surface area contributed by atoms with Crippen LogP contribution in [0.4, 0.5) is 0 Å². The molecule has 2 atom stereocenters. The normalized spacial score (nSPS) is 21.1. The Morgan fingerprint density at radius 1 is 1.40 bits per heavy atom. The van der Waals surface area contributed by atoms with E-state index in [-0.39, 0.29) is 6.04 Å². The lowest BCUT2D eigenvalue weighted by Crippen LogP contribution is -2.36. The van der Waals surface area contributed by atoms with Crippen LogP contribution in [0.15, 0.2) is 27.1 Å². The molecule has 0 radical (unpaired) electrons. The first kappa shape index (κ1) is 16.4. The van der Waals surface area contributed by atoms with E-state index in [0.29, 0.717) is 12.5 Å². The zero-order chi connectivity index (χ0) is 14.5. The Labute approximate surface area is 138 Å². The lowest BCUT2D eigenvalue weighted by atomic mass is 9.99. The first-order valence-electron chi connectivity index (χ1n) is 7.04. The Kier molecular flexibility index (Phi) is 6.49. The van der Waals surface area contributed by atoms with Gasteiger partial charge in [-0.05, 0) is 75.4 Å². The summed E-state index contributed by atoms with van der Waals surface area (Å²) in [7, 11) is 2.15. The van der Waals surface area contributed by atoms with E-state index in [1.54, 1.807) is 0 Å². The molecule has 1 saturated heterocycles. The van der Waals surface area contributed by atoms with Crippen molar-refractivity contribution in [2.24, 2.45) is 11.7 Å². The SMILES string of the molecule is CN(CC1CCCOC1)C(CN)c1ccc(Br)c(Br)c1. The van der Waals surface area contributed by atoms with E-state index < -0.39 is 0 Å². The Balaban J connectivity index is 2.03. The predicted octanol–water partition coefficient (Wildman–Crippen LogP) is 3.57. The van der Waals surface area contributed by atoms with Gasteiger partial charge in [-0.3, -0.25) is 4.90 Å². The molecule has 5 heteroatoms. The van der Waals surface area contributed by atoms with Crippen LogP contribution in [-0.2, 0) is 4.74 Å². The second-order valence-corrected chi connectivity index (χ2v) is 7.16. The third-order valence-electron chi connectivity index (χ3n) is 3.88. The molecule has 112 valence electrons. The quantitative estimate of drug-likeness (QED) is 0.813. The summed E-state index contributed by atoms with van der Waals surface area (Å²) >= 11 is 7.07. The van der Waals surface area contributed by atoms with Crippen molar-refractivity contribution in [3.05, 3.63) is 32.7 Å². The zero-order valence-corrected chi connectivity index (χ0v) is 15.0. The highest BCUT2D eigenvalue weighted by Gasteiger charge is 2.21. The number of benzene rings is 1. The molecule has 3 nitrogen and oxygen atoms in total. The van der Waals surface area contributed by atoms with Crippen LogP contribution < -0.4 is 5.73 Å². The highest BCUT2D eigenvalue weighted by atomic mass is 79.9. The molecular weight excluding hydrogens is 384 g/mol. The van der Waals surface area contributed by atoms with E-state index in [4.69, 9.17) is 10.5 Å². The molecule has 0 spiro atoms. The molecule has 0 amide bonds. The molecule has 1 heterocycles. The van der Waals surface area contributed by atoms with Crippen LogP contribution in [0.3, 0.4) is 0 Å². The smallest absolute Gasteiger partial charge is 0.0506 e. The molecule has 0 saturated carbocycles. The van der Waals surface area contributed by atoms with Gasteiger partial charge in [0, 0.05) is 34.7 Å². The molecule has 20 heavy (non-hydrogen) atoms. The zero-order valence-electron chi connectivity index (χ0n) is 11.8. The van der Waals surface area contributed by atoms with Gasteiger partial charge in [-0.25, -0.2) is 0 Å². The van der Waals surface area contributed by atoms with Crippen LogP contribution in [0.25, 0.3) is 0 Å². The van der Waals surface area contributed by atoms with E-state index >= 15 is 0 Å². The minimum atomic E-state index is 0.251. The fraction of sp³-hybridized carbons (Fsp3) is 0.600. The molecule has 1 aromatic carbocycles. The van der Waals surface area contributed by atoms with Crippen molar-refractivity contribution >= 4 is 31.9 Å². The fourth-order valence-corrected chi connectivity index (χ4v) is 3.42. The van der Waals surface area contributed by atoms with E-state index in [1.165, 1.54) is 18.4 Å². The molecule has 1 aliphatic heterocycles. The van der Waals surface area contributed by atoms with Gasteiger partial charge in [-0.1, -0.05) is 6.07 Å². The molecule has 0 aliphatic carbocycles. The van der Waals surface area contributed by atoms with Gasteiger partial charge in [0.2, 0.25) is 0 Å². The summed E-state index contributed by atoms with van der Waals surface area (Å²) in [5.74, 6) is 0.627. The van der Waals surface area contributed by atoms with Crippen molar-refractivity contribution < 1.29 is 4.74 Å². The summed E-state index contributed by atoms with van der Waals surface area (Å²) in [6.45, 7) is 3.46. The van der Waals surface area contributed by atoms with E-state index in [0.717, 1.165) is 28.7 Å². The third-order valence-corrected chi connectivity index (χ3v) is 5.76. The average molecular weight is 406 g/mol. The minimum Gasteiger partial charge on any atom is -0.381 e. The lowest BCUT2D eigenvalue weighted by Gasteiger charge is -2.32. The van der Waals surface area contributed by atoms with Gasteiger partial charge in [0.15, 0.2) is 0 Å². The van der Waals surface area contributed by atoms with Crippen LogP contribution in [0.2, 0.25) is 0 Å². The molecule has 1 fully saturated rings. The maximum Gasteiger partial charge on any atom is 0.0506 e. The van der Waals surface area contributed by atoms with Crippen LogP contribution in [0.5, 0.6) is 0 Å². The lowest BCUT2D eigenvalue weighted by molar-refractivity contribution is 0.0365. The van der Waals surface area contributed by atoms with Crippen LogP contribution in [0.1, 0.15) is 24.4 Å². The minimum absolute atomic E-state index is 0.251. The summed E-state index contributed by atoms with van der Waals surface area (Å²) in [4.78, 5) is 2.36. The van der Waals surface area contributed by atoms with Crippen molar-refractivity contribution in [1.29, 1.82) is 0 Å². The Morgan fingerprint density at radius 2 is 2.20 bits per heavy atom. The van der Waals surface area contributed by atoms with Gasteiger partial charge in [0.1, 0.15) is 0 Å². The Hall–Kier alpha value is 0.0600. The molecule has 0 aromatic heterocycles. The number of ether oxygens (including phenoxy) is 1. The second kappa shape index (κ2) is 7.90. The highest BCUT2D eigenvalue weighted by molar-refractivity contribution is 9.13. The van der Waals surface area contributed by atoms with Crippen molar-refractivity contribution in [1.82, 2.24) is 4.90 Å². The van der Waals surface area contributed by atoms with Crippen LogP contribution in [-0.4, -0.2) is 38.3 Å². The van der Waals surface area contributed by atoms with Gasteiger partial charge in [-0.2, -0.15) is 0 Å². The van der Waals surface area contributed by atoms with Crippen molar-refractivity contribution in [3.63, 3.8) is 0 Å². The molecule has 2 rings (SSSR count). The number of halogens is 2. The number of nitrogens with zero attached hydrogens (tertiary/aromatic N) is 1. The molecule has 2 N–H and O–H groups in total.